The third kappa shape index (κ3) is 5.14. The van der Waals surface area contributed by atoms with Crippen LogP contribution < -0.4 is 5.73 Å². The topological polar surface area (TPSA) is 72.5 Å². The van der Waals surface area contributed by atoms with E-state index in [1.165, 1.54) is 0 Å². The Morgan fingerprint density at radius 3 is 2.53 bits per heavy atom. The highest BCUT2D eigenvalue weighted by atomic mass is 16.5. The summed E-state index contributed by atoms with van der Waals surface area (Å²) >= 11 is 0. The summed E-state index contributed by atoms with van der Waals surface area (Å²) in [6.45, 7) is 4.54. The maximum Gasteiger partial charge on any atom is 0.313 e. The van der Waals surface area contributed by atoms with Gasteiger partial charge in [0.2, 0.25) is 0 Å². The summed E-state index contributed by atoms with van der Waals surface area (Å²) in [5.41, 5.74) is 5.04. The molecular weight excluding hydrogens is 194 g/mol. The molecule has 0 aromatic rings. The molecule has 1 atom stereocenters. The third-order valence-electron chi connectivity index (χ3n) is 2.61. The molecule has 1 unspecified atom stereocenters. The van der Waals surface area contributed by atoms with Gasteiger partial charge >= 0.3 is 5.97 Å². The van der Waals surface area contributed by atoms with E-state index in [-0.39, 0.29) is 12.6 Å². The lowest BCUT2D eigenvalue weighted by Crippen LogP contribution is -2.37. The van der Waals surface area contributed by atoms with Gasteiger partial charge in [-0.25, -0.2) is 0 Å². The maximum atomic E-state index is 11.6. The van der Waals surface area contributed by atoms with Crippen molar-refractivity contribution < 1.29 is 14.6 Å². The number of hydrogen-bond donors (Lipinski definition) is 2. The second kappa shape index (κ2) is 7.65. The van der Waals surface area contributed by atoms with Gasteiger partial charge in [0.1, 0.15) is 0 Å². The molecule has 0 aliphatic rings. The summed E-state index contributed by atoms with van der Waals surface area (Å²) in [5.74, 6) is -0.212. The van der Waals surface area contributed by atoms with Crippen molar-refractivity contribution in [3.63, 3.8) is 0 Å². The van der Waals surface area contributed by atoms with Gasteiger partial charge in [0.15, 0.2) is 0 Å². The predicted molar refractivity (Wildman–Crippen MR) is 59.3 cm³/mol. The molecule has 0 saturated carbocycles. The number of unbranched alkanes of at least 4 members (excludes halogenated alkanes) is 2. The average Bonchev–Trinajstić information content (AvgIpc) is 2.24. The monoisotopic (exact) mass is 217 g/mol. The Labute approximate surface area is 91.8 Å². The minimum atomic E-state index is -0.564. The third-order valence-corrected chi connectivity index (χ3v) is 2.61. The van der Waals surface area contributed by atoms with Gasteiger partial charge in [0, 0.05) is 13.2 Å². The van der Waals surface area contributed by atoms with Gasteiger partial charge in [-0.05, 0) is 26.7 Å². The van der Waals surface area contributed by atoms with Crippen LogP contribution in [-0.2, 0) is 9.53 Å². The van der Waals surface area contributed by atoms with Crippen molar-refractivity contribution >= 4 is 5.97 Å². The van der Waals surface area contributed by atoms with Gasteiger partial charge in [-0.1, -0.05) is 12.8 Å². The van der Waals surface area contributed by atoms with E-state index in [2.05, 4.69) is 0 Å². The lowest BCUT2D eigenvalue weighted by atomic mass is 9.85. The van der Waals surface area contributed by atoms with Crippen LogP contribution in [0.4, 0.5) is 0 Å². The van der Waals surface area contributed by atoms with Crippen LogP contribution in [0, 0.1) is 5.41 Å². The van der Waals surface area contributed by atoms with Gasteiger partial charge in [0.05, 0.1) is 12.0 Å². The molecule has 0 saturated heterocycles. The fraction of sp³-hybridized carbons (Fsp3) is 0.909. The van der Waals surface area contributed by atoms with Gasteiger partial charge in [0.25, 0.3) is 0 Å². The zero-order valence-corrected chi connectivity index (χ0v) is 9.79. The minimum Gasteiger partial charge on any atom is -0.466 e. The van der Waals surface area contributed by atoms with Crippen LogP contribution in [0.15, 0.2) is 0 Å². The highest BCUT2D eigenvalue weighted by molar-refractivity contribution is 5.76. The maximum absolute atomic E-state index is 11.6. The molecule has 0 heterocycles. The Kier molecular flexibility index (Phi) is 7.34. The van der Waals surface area contributed by atoms with Crippen LogP contribution in [0.3, 0.4) is 0 Å². The number of ether oxygens (including phenoxy) is 1. The number of aliphatic hydroxyl groups excluding tert-OH is 1. The molecule has 15 heavy (non-hydrogen) atoms. The largest absolute Gasteiger partial charge is 0.466 e. The van der Waals surface area contributed by atoms with Crippen LogP contribution in [0.1, 0.15) is 39.5 Å². The fourth-order valence-corrected chi connectivity index (χ4v) is 1.40. The summed E-state index contributed by atoms with van der Waals surface area (Å²) in [5, 5.41) is 8.63. The molecule has 0 bridgehead atoms. The summed E-state index contributed by atoms with van der Waals surface area (Å²) in [6.07, 6.45) is 3.32. The minimum absolute atomic E-state index is 0.207. The van der Waals surface area contributed by atoms with Crippen LogP contribution in [0.25, 0.3) is 0 Å². The second-order valence-electron chi connectivity index (χ2n) is 4.02. The smallest absolute Gasteiger partial charge is 0.313 e. The van der Waals surface area contributed by atoms with Gasteiger partial charge < -0.3 is 15.6 Å². The first kappa shape index (κ1) is 14.4. The van der Waals surface area contributed by atoms with E-state index in [4.69, 9.17) is 15.6 Å². The molecule has 3 N–H and O–H groups in total. The number of hydrogen-bond acceptors (Lipinski definition) is 4. The van der Waals surface area contributed by atoms with Crippen molar-refractivity contribution in [1.29, 1.82) is 0 Å². The first-order chi connectivity index (χ1) is 7.10. The molecule has 90 valence electrons. The van der Waals surface area contributed by atoms with Crippen molar-refractivity contribution in [3.8, 4) is 0 Å². The summed E-state index contributed by atoms with van der Waals surface area (Å²) in [7, 11) is 0. The van der Waals surface area contributed by atoms with E-state index < -0.39 is 5.41 Å². The first-order valence-corrected chi connectivity index (χ1v) is 5.59. The Bertz CT molecular complexity index is 185. The van der Waals surface area contributed by atoms with Crippen LogP contribution >= 0.6 is 0 Å². The molecule has 0 amide bonds. The molecule has 0 aromatic carbocycles. The van der Waals surface area contributed by atoms with Gasteiger partial charge in [-0.2, -0.15) is 0 Å². The molecule has 0 rings (SSSR count). The highest BCUT2D eigenvalue weighted by Gasteiger charge is 2.32. The Morgan fingerprint density at radius 1 is 1.40 bits per heavy atom. The Hall–Kier alpha value is -0.610. The molecule has 0 aliphatic carbocycles. The Morgan fingerprint density at radius 2 is 2.07 bits per heavy atom. The molecule has 0 aromatic heterocycles. The predicted octanol–water partition coefficient (Wildman–Crippen LogP) is 1.07. The van der Waals surface area contributed by atoms with E-state index in [9.17, 15) is 4.79 Å². The number of carbonyl (C=O) groups is 1. The number of aliphatic hydroxyl groups is 1. The van der Waals surface area contributed by atoms with Crippen molar-refractivity contribution in [2.45, 2.75) is 39.5 Å². The zero-order chi connectivity index (χ0) is 11.7. The van der Waals surface area contributed by atoms with Crippen molar-refractivity contribution in [2.24, 2.45) is 11.1 Å². The lowest BCUT2D eigenvalue weighted by molar-refractivity contribution is -0.154. The van der Waals surface area contributed by atoms with Gasteiger partial charge in [-0.3, -0.25) is 4.79 Å². The van der Waals surface area contributed by atoms with Crippen molar-refractivity contribution in [2.75, 3.05) is 19.8 Å². The first-order valence-electron chi connectivity index (χ1n) is 5.59. The van der Waals surface area contributed by atoms with Gasteiger partial charge in [-0.15, -0.1) is 0 Å². The van der Waals surface area contributed by atoms with Crippen LogP contribution in [0.5, 0.6) is 0 Å². The SMILES string of the molecule is CCOC(=O)C(C)(CN)CCCCCO. The second-order valence-corrected chi connectivity index (χ2v) is 4.02. The molecular formula is C11H23NO3. The van der Waals surface area contributed by atoms with E-state index in [1.54, 1.807) is 6.92 Å². The van der Waals surface area contributed by atoms with E-state index in [0.29, 0.717) is 13.2 Å². The molecule has 0 radical (unpaired) electrons. The summed E-state index contributed by atoms with van der Waals surface area (Å²) in [4.78, 5) is 11.6. The summed E-state index contributed by atoms with van der Waals surface area (Å²) < 4.78 is 4.99. The summed E-state index contributed by atoms with van der Waals surface area (Å²) in [6, 6.07) is 0. The molecule has 4 nitrogen and oxygen atoms in total. The average molecular weight is 217 g/mol. The molecule has 4 heteroatoms. The van der Waals surface area contributed by atoms with Crippen LogP contribution in [0.2, 0.25) is 0 Å². The quantitative estimate of drug-likeness (QED) is 0.471. The van der Waals surface area contributed by atoms with Crippen LogP contribution in [-0.4, -0.2) is 30.8 Å². The van der Waals surface area contributed by atoms with E-state index >= 15 is 0 Å². The number of esters is 1. The number of rotatable bonds is 8. The zero-order valence-electron chi connectivity index (χ0n) is 9.79. The number of nitrogens with two attached hydrogens (primary N) is 1. The molecule has 0 spiro atoms. The van der Waals surface area contributed by atoms with Crippen molar-refractivity contribution in [3.05, 3.63) is 0 Å². The highest BCUT2D eigenvalue weighted by Crippen LogP contribution is 2.24. The molecule has 0 aliphatic heterocycles. The molecule has 0 fully saturated rings. The van der Waals surface area contributed by atoms with E-state index in [1.807, 2.05) is 6.92 Å². The standard InChI is InChI=1S/C11H23NO3/c1-3-15-10(14)11(2,9-12)7-5-4-6-8-13/h13H,3-9,12H2,1-2H3. The van der Waals surface area contributed by atoms with E-state index in [0.717, 1.165) is 25.7 Å². The number of carbonyl (C=O) groups excluding carboxylic acids is 1. The lowest BCUT2D eigenvalue weighted by Gasteiger charge is -2.25. The Balaban J connectivity index is 4.00. The fourth-order valence-electron chi connectivity index (χ4n) is 1.40. The van der Waals surface area contributed by atoms with Crippen molar-refractivity contribution in [1.82, 2.24) is 0 Å². The normalized spacial score (nSPS) is 14.7.